The van der Waals surface area contributed by atoms with E-state index in [1.54, 1.807) is 7.11 Å². The normalized spacial score (nSPS) is 26.1. The number of amides is 1. The fourth-order valence-corrected chi connectivity index (χ4v) is 3.35. The molecule has 114 valence electrons. The van der Waals surface area contributed by atoms with Crippen LogP contribution in [-0.4, -0.2) is 36.7 Å². The number of hydrogen-bond acceptors (Lipinski definition) is 3. The minimum absolute atomic E-state index is 0.0235. The Morgan fingerprint density at radius 1 is 1.24 bits per heavy atom. The summed E-state index contributed by atoms with van der Waals surface area (Å²) in [7, 11) is 1.66. The molecule has 4 heteroatoms. The number of rotatable bonds is 3. The highest BCUT2D eigenvalue weighted by molar-refractivity contribution is 5.76. The molecule has 0 saturated carbocycles. The molecule has 0 N–H and O–H groups in total. The Balaban J connectivity index is 1.65. The summed E-state index contributed by atoms with van der Waals surface area (Å²) < 4.78 is 11.1. The Morgan fingerprint density at radius 2 is 2.05 bits per heavy atom. The van der Waals surface area contributed by atoms with Gasteiger partial charge in [-0.25, -0.2) is 0 Å². The SMILES string of the molecule is COc1ccc(CN2CCC3(CCCO3)CCC2=O)cc1. The predicted octanol–water partition coefficient (Wildman–Crippen LogP) is 2.76. The molecule has 1 amide bonds. The first-order valence-electron chi connectivity index (χ1n) is 7.75. The first-order valence-corrected chi connectivity index (χ1v) is 7.75. The molecule has 2 saturated heterocycles. The molecule has 1 aromatic carbocycles. The quantitative estimate of drug-likeness (QED) is 0.859. The molecule has 0 aliphatic carbocycles. The van der Waals surface area contributed by atoms with Crippen molar-refractivity contribution in [2.45, 2.75) is 44.2 Å². The van der Waals surface area contributed by atoms with Gasteiger partial charge in [-0.2, -0.15) is 0 Å². The number of likely N-dealkylation sites (tertiary alicyclic amines) is 1. The Hall–Kier alpha value is -1.55. The van der Waals surface area contributed by atoms with Crippen molar-refractivity contribution in [3.8, 4) is 5.75 Å². The van der Waals surface area contributed by atoms with Crippen molar-refractivity contribution in [3.63, 3.8) is 0 Å². The highest BCUT2D eigenvalue weighted by Gasteiger charge is 2.38. The van der Waals surface area contributed by atoms with Gasteiger partial charge in [0.05, 0.1) is 12.7 Å². The maximum absolute atomic E-state index is 12.3. The zero-order valence-corrected chi connectivity index (χ0v) is 12.6. The van der Waals surface area contributed by atoms with Gasteiger partial charge in [0.1, 0.15) is 5.75 Å². The van der Waals surface area contributed by atoms with Gasteiger partial charge in [-0.1, -0.05) is 12.1 Å². The second-order valence-corrected chi connectivity index (χ2v) is 6.05. The van der Waals surface area contributed by atoms with Crippen LogP contribution >= 0.6 is 0 Å². The second kappa shape index (κ2) is 6.06. The van der Waals surface area contributed by atoms with E-state index in [1.165, 1.54) is 0 Å². The van der Waals surface area contributed by atoms with Gasteiger partial charge in [-0.15, -0.1) is 0 Å². The summed E-state index contributed by atoms with van der Waals surface area (Å²) >= 11 is 0. The number of carbonyl (C=O) groups excluding carboxylic acids is 1. The topological polar surface area (TPSA) is 38.8 Å². The van der Waals surface area contributed by atoms with Crippen LogP contribution in [0.15, 0.2) is 24.3 Å². The van der Waals surface area contributed by atoms with Crippen molar-refractivity contribution < 1.29 is 14.3 Å². The summed E-state index contributed by atoms with van der Waals surface area (Å²) in [5.74, 6) is 1.09. The fraction of sp³-hybridized carbons (Fsp3) is 0.588. The molecule has 21 heavy (non-hydrogen) atoms. The summed E-state index contributed by atoms with van der Waals surface area (Å²) in [6, 6.07) is 7.94. The van der Waals surface area contributed by atoms with Crippen LogP contribution in [0.1, 0.15) is 37.7 Å². The van der Waals surface area contributed by atoms with Crippen LogP contribution in [0.3, 0.4) is 0 Å². The van der Waals surface area contributed by atoms with Crippen LogP contribution in [0.2, 0.25) is 0 Å². The maximum atomic E-state index is 12.3. The van der Waals surface area contributed by atoms with Crippen LogP contribution in [0.25, 0.3) is 0 Å². The molecular formula is C17H23NO3. The van der Waals surface area contributed by atoms with Gasteiger partial charge in [0, 0.05) is 26.1 Å². The van der Waals surface area contributed by atoms with Gasteiger partial charge in [-0.3, -0.25) is 4.79 Å². The predicted molar refractivity (Wildman–Crippen MR) is 80.2 cm³/mol. The van der Waals surface area contributed by atoms with E-state index in [4.69, 9.17) is 9.47 Å². The lowest BCUT2D eigenvalue weighted by Gasteiger charge is -2.26. The van der Waals surface area contributed by atoms with Gasteiger partial charge >= 0.3 is 0 Å². The third-order valence-corrected chi connectivity index (χ3v) is 4.70. The van der Waals surface area contributed by atoms with Crippen molar-refractivity contribution in [2.75, 3.05) is 20.3 Å². The molecule has 2 heterocycles. The largest absolute Gasteiger partial charge is 0.497 e. The van der Waals surface area contributed by atoms with E-state index in [9.17, 15) is 4.79 Å². The summed E-state index contributed by atoms with van der Waals surface area (Å²) in [4.78, 5) is 14.3. The number of methoxy groups -OCH3 is 1. The van der Waals surface area contributed by atoms with Gasteiger partial charge in [0.25, 0.3) is 0 Å². The lowest BCUT2D eigenvalue weighted by molar-refractivity contribution is -0.131. The molecule has 1 atom stereocenters. The minimum atomic E-state index is -0.0235. The van der Waals surface area contributed by atoms with Crippen LogP contribution in [-0.2, 0) is 16.1 Å². The smallest absolute Gasteiger partial charge is 0.222 e. The highest BCUT2D eigenvalue weighted by Crippen LogP contribution is 2.36. The summed E-state index contributed by atoms with van der Waals surface area (Å²) in [6.07, 6.45) is 4.69. The number of hydrogen-bond donors (Lipinski definition) is 0. The summed E-state index contributed by atoms with van der Waals surface area (Å²) in [5, 5.41) is 0. The Bertz CT molecular complexity index is 491. The summed E-state index contributed by atoms with van der Waals surface area (Å²) in [5.41, 5.74) is 1.12. The molecular weight excluding hydrogens is 266 g/mol. The molecule has 2 aliphatic rings. The Kier molecular flexibility index (Phi) is 4.15. The van der Waals surface area contributed by atoms with Gasteiger partial charge < -0.3 is 14.4 Å². The van der Waals surface area contributed by atoms with E-state index >= 15 is 0 Å². The first-order chi connectivity index (χ1) is 10.2. The van der Waals surface area contributed by atoms with Crippen molar-refractivity contribution in [3.05, 3.63) is 29.8 Å². The monoisotopic (exact) mass is 289 g/mol. The average Bonchev–Trinajstić information content (AvgIpc) is 2.93. The molecule has 1 aromatic rings. The second-order valence-electron chi connectivity index (χ2n) is 6.05. The highest BCUT2D eigenvalue weighted by atomic mass is 16.5. The van der Waals surface area contributed by atoms with Crippen LogP contribution in [0, 0.1) is 0 Å². The van der Waals surface area contributed by atoms with Crippen molar-refractivity contribution in [1.29, 1.82) is 0 Å². The van der Waals surface area contributed by atoms with Crippen molar-refractivity contribution >= 4 is 5.91 Å². The molecule has 1 spiro atoms. The van der Waals surface area contributed by atoms with Gasteiger partial charge in [0.2, 0.25) is 5.91 Å². The molecule has 1 unspecified atom stereocenters. The summed E-state index contributed by atoms with van der Waals surface area (Å²) in [6.45, 7) is 2.33. The van der Waals surface area contributed by atoms with Crippen LogP contribution < -0.4 is 4.74 Å². The van der Waals surface area contributed by atoms with Gasteiger partial charge in [0.15, 0.2) is 0 Å². The van der Waals surface area contributed by atoms with E-state index in [2.05, 4.69) is 0 Å². The minimum Gasteiger partial charge on any atom is -0.497 e. The van der Waals surface area contributed by atoms with E-state index in [0.29, 0.717) is 13.0 Å². The van der Waals surface area contributed by atoms with Crippen molar-refractivity contribution in [2.24, 2.45) is 0 Å². The Morgan fingerprint density at radius 3 is 2.71 bits per heavy atom. The third kappa shape index (κ3) is 3.21. The molecule has 0 bridgehead atoms. The number of carbonyl (C=O) groups is 1. The van der Waals surface area contributed by atoms with E-state index < -0.39 is 0 Å². The number of benzene rings is 1. The van der Waals surface area contributed by atoms with Gasteiger partial charge in [-0.05, 0) is 43.4 Å². The molecule has 2 aliphatic heterocycles. The third-order valence-electron chi connectivity index (χ3n) is 4.70. The standard InChI is InChI=1S/C17H23NO3/c1-20-15-5-3-14(4-6-15)13-18-11-10-17(8-2-12-21-17)9-7-16(18)19/h3-6H,2,7-13H2,1H3. The van der Waals surface area contributed by atoms with E-state index in [1.807, 2.05) is 29.2 Å². The van der Waals surface area contributed by atoms with E-state index in [-0.39, 0.29) is 11.5 Å². The average molecular weight is 289 g/mol. The maximum Gasteiger partial charge on any atom is 0.222 e. The first kappa shape index (κ1) is 14.4. The fourth-order valence-electron chi connectivity index (χ4n) is 3.35. The molecule has 0 radical (unpaired) electrons. The molecule has 2 fully saturated rings. The molecule has 0 aromatic heterocycles. The lowest BCUT2D eigenvalue weighted by Crippen LogP contribution is -2.32. The zero-order valence-electron chi connectivity index (χ0n) is 12.6. The molecule has 3 rings (SSSR count). The van der Waals surface area contributed by atoms with Crippen LogP contribution in [0.5, 0.6) is 5.75 Å². The number of ether oxygens (including phenoxy) is 2. The number of nitrogens with zero attached hydrogens (tertiary/aromatic N) is 1. The van der Waals surface area contributed by atoms with Crippen LogP contribution in [0.4, 0.5) is 0 Å². The van der Waals surface area contributed by atoms with E-state index in [0.717, 1.165) is 50.1 Å². The molecule has 4 nitrogen and oxygen atoms in total. The lowest BCUT2D eigenvalue weighted by atomic mass is 9.92. The zero-order chi connectivity index (χ0) is 14.7. The van der Waals surface area contributed by atoms with Crippen molar-refractivity contribution in [1.82, 2.24) is 4.90 Å². The Labute approximate surface area is 126 Å².